The highest BCUT2D eigenvalue weighted by Gasteiger charge is 2.51. The molecule has 0 unspecified atom stereocenters. The summed E-state index contributed by atoms with van der Waals surface area (Å²) >= 11 is 0. The molecule has 2 aromatic rings. The number of benzene rings is 2. The number of aliphatic hydroxyl groups excluding tert-OH is 1. The van der Waals surface area contributed by atoms with E-state index in [0.29, 0.717) is 6.42 Å². The van der Waals surface area contributed by atoms with Gasteiger partial charge in [-0.25, -0.2) is 0 Å². The van der Waals surface area contributed by atoms with Gasteiger partial charge in [-0.1, -0.05) is 125 Å². The standard InChI is InChI=1S/C28H38O2Si/c1-5-25(19-13-9-7-6-8-10-18-24-29)30-31(28(2,3)4,26-20-14-11-15-21-26)27-22-16-12-17-23-27/h7-17,19-23,25,29H,5-6,18,24H2,1-4H3/b9-7+,10-8+,19-13+/t25-/m1/s1. The van der Waals surface area contributed by atoms with Crippen molar-refractivity contribution in [3.05, 3.63) is 97.1 Å². The summed E-state index contributed by atoms with van der Waals surface area (Å²) in [7, 11) is -2.53. The molecule has 0 spiro atoms. The second-order valence-electron chi connectivity index (χ2n) is 8.76. The fraction of sp³-hybridized carbons (Fsp3) is 0.357. The van der Waals surface area contributed by atoms with E-state index in [0.717, 1.165) is 12.8 Å². The summed E-state index contributed by atoms with van der Waals surface area (Å²) in [5.41, 5.74) is 0. The van der Waals surface area contributed by atoms with Crippen molar-refractivity contribution in [3.8, 4) is 0 Å². The van der Waals surface area contributed by atoms with E-state index < -0.39 is 8.32 Å². The zero-order valence-corrected chi connectivity index (χ0v) is 20.5. The molecule has 2 nitrogen and oxygen atoms in total. The highest BCUT2D eigenvalue weighted by atomic mass is 28.4. The molecule has 0 aromatic heterocycles. The van der Waals surface area contributed by atoms with E-state index in [1.165, 1.54) is 10.4 Å². The molecule has 0 saturated carbocycles. The van der Waals surface area contributed by atoms with Crippen LogP contribution in [-0.4, -0.2) is 26.1 Å². The summed E-state index contributed by atoms with van der Waals surface area (Å²) in [6.45, 7) is 9.34. The van der Waals surface area contributed by atoms with Gasteiger partial charge in [0.15, 0.2) is 0 Å². The first-order valence-corrected chi connectivity index (χ1v) is 13.2. The van der Waals surface area contributed by atoms with Crippen LogP contribution in [0.3, 0.4) is 0 Å². The number of aliphatic hydroxyl groups is 1. The van der Waals surface area contributed by atoms with Gasteiger partial charge in [-0.2, -0.15) is 0 Å². The lowest BCUT2D eigenvalue weighted by molar-refractivity contribution is 0.229. The Hall–Kier alpha value is -2.20. The summed E-state index contributed by atoms with van der Waals surface area (Å²) in [5.74, 6) is 0. The van der Waals surface area contributed by atoms with Crippen molar-refractivity contribution in [2.45, 2.75) is 58.1 Å². The summed E-state index contributed by atoms with van der Waals surface area (Å²) in [6.07, 6.45) is 15.1. The number of rotatable bonds is 11. The van der Waals surface area contributed by atoms with Gasteiger partial charge in [-0.3, -0.25) is 0 Å². The van der Waals surface area contributed by atoms with Crippen LogP contribution in [0.25, 0.3) is 0 Å². The van der Waals surface area contributed by atoms with E-state index in [1.54, 1.807) is 0 Å². The minimum absolute atomic E-state index is 0.0235. The first-order valence-electron chi connectivity index (χ1n) is 11.3. The smallest absolute Gasteiger partial charge is 0.261 e. The molecule has 3 heteroatoms. The van der Waals surface area contributed by atoms with Crippen molar-refractivity contribution >= 4 is 18.7 Å². The molecule has 2 aromatic carbocycles. The van der Waals surface area contributed by atoms with Crippen LogP contribution in [0.5, 0.6) is 0 Å². The van der Waals surface area contributed by atoms with Gasteiger partial charge < -0.3 is 9.53 Å². The summed E-state index contributed by atoms with van der Waals surface area (Å²) in [6, 6.07) is 21.6. The first-order chi connectivity index (χ1) is 15.0. The maximum Gasteiger partial charge on any atom is 0.261 e. The summed E-state index contributed by atoms with van der Waals surface area (Å²) in [5, 5.41) is 11.4. The average molecular weight is 435 g/mol. The van der Waals surface area contributed by atoms with Gasteiger partial charge in [0.2, 0.25) is 0 Å². The molecule has 0 bridgehead atoms. The third kappa shape index (κ3) is 6.89. The minimum Gasteiger partial charge on any atom is -0.401 e. The largest absolute Gasteiger partial charge is 0.401 e. The SMILES string of the molecule is CC[C@H](/C=C/C=C/C/C=C/CCO)O[Si](c1ccccc1)(c1ccccc1)C(C)(C)C. The number of hydrogen-bond acceptors (Lipinski definition) is 2. The quantitative estimate of drug-likeness (QED) is 0.276. The van der Waals surface area contributed by atoms with Crippen molar-refractivity contribution in [2.24, 2.45) is 0 Å². The van der Waals surface area contributed by atoms with Crippen molar-refractivity contribution in [1.82, 2.24) is 0 Å². The third-order valence-electron chi connectivity index (χ3n) is 5.45. The van der Waals surface area contributed by atoms with Crippen LogP contribution in [0.4, 0.5) is 0 Å². The molecule has 0 heterocycles. The Morgan fingerprint density at radius 3 is 1.94 bits per heavy atom. The Labute approximate surface area is 190 Å². The van der Waals surface area contributed by atoms with Crippen molar-refractivity contribution in [2.75, 3.05) is 6.61 Å². The highest BCUT2D eigenvalue weighted by Crippen LogP contribution is 2.37. The van der Waals surface area contributed by atoms with Gasteiger partial charge >= 0.3 is 0 Å². The summed E-state index contributed by atoms with van der Waals surface area (Å²) < 4.78 is 7.16. The van der Waals surface area contributed by atoms with Crippen LogP contribution in [0.1, 0.15) is 47.0 Å². The second-order valence-corrected chi connectivity index (χ2v) is 13.0. The molecule has 0 radical (unpaired) electrons. The molecule has 0 aliphatic rings. The topological polar surface area (TPSA) is 29.5 Å². The Morgan fingerprint density at radius 2 is 1.45 bits per heavy atom. The average Bonchev–Trinajstić information content (AvgIpc) is 2.78. The maximum absolute atomic E-state index is 8.82. The highest BCUT2D eigenvalue weighted by molar-refractivity contribution is 6.99. The van der Waals surface area contributed by atoms with Gasteiger partial charge in [0.1, 0.15) is 0 Å². The number of hydrogen-bond donors (Lipinski definition) is 1. The monoisotopic (exact) mass is 434 g/mol. The zero-order chi connectivity index (χ0) is 22.6. The van der Waals surface area contributed by atoms with Crippen LogP contribution in [0.15, 0.2) is 97.1 Å². The van der Waals surface area contributed by atoms with E-state index in [-0.39, 0.29) is 17.7 Å². The Bertz CT molecular complexity index is 793. The van der Waals surface area contributed by atoms with Crippen LogP contribution in [0, 0.1) is 0 Å². The van der Waals surface area contributed by atoms with Gasteiger partial charge in [0, 0.05) is 6.61 Å². The van der Waals surface area contributed by atoms with Gasteiger partial charge in [0.05, 0.1) is 6.10 Å². The molecule has 2 rings (SSSR count). The Balaban J connectivity index is 2.34. The molecule has 0 aliphatic heterocycles. The molecular weight excluding hydrogens is 396 g/mol. The maximum atomic E-state index is 8.82. The van der Waals surface area contributed by atoms with Gasteiger partial charge in [-0.05, 0) is 34.7 Å². The molecule has 0 saturated heterocycles. The normalized spacial score (nSPS) is 14.1. The van der Waals surface area contributed by atoms with E-state index in [9.17, 15) is 0 Å². The van der Waals surface area contributed by atoms with Gasteiger partial charge in [0.25, 0.3) is 8.32 Å². The Kier molecular flexibility index (Phi) is 10.2. The predicted octanol–water partition coefficient (Wildman–Crippen LogP) is 5.78. The lowest BCUT2D eigenvalue weighted by atomic mass is 10.2. The molecule has 166 valence electrons. The fourth-order valence-corrected chi connectivity index (χ4v) is 8.60. The van der Waals surface area contributed by atoms with Crippen molar-refractivity contribution in [1.29, 1.82) is 0 Å². The van der Waals surface area contributed by atoms with Gasteiger partial charge in [-0.15, -0.1) is 0 Å². The number of allylic oxidation sites excluding steroid dienone is 4. The summed E-state index contributed by atoms with van der Waals surface area (Å²) in [4.78, 5) is 0. The second kappa shape index (κ2) is 12.6. The van der Waals surface area contributed by atoms with Crippen molar-refractivity contribution in [3.63, 3.8) is 0 Å². The molecule has 0 amide bonds. The van der Waals surface area contributed by atoms with Crippen LogP contribution >= 0.6 is 0 Å². The van der Waals surface area contributed by atoms with Crippen LogP contribution in [-0.2, 0) is 4.43 Å². The first kappa shape index (κ1) is 25.1. The molecule has 31 heavy (non-hydrogen) atoms. The molecule has 1 atom stereocenters. The third-order valence-corrected chi connectivity index (χ3v) is 10.5. The zero-order valence-electron chi connectivity index (χ0n) is 19.5. The van der Waals surface area contributed by atoms with E-state index >= 15 is 0 Å². The lowest BCUT2D eigenvalue weighted by Crippen LogP contribution is -2.67. The van der Waals surface area contributed by atoms with E-state index in [2.05, 4.69) is 119 Å². The molecule has 0 fully saturated rings. The predicted molar refractivity (Wildman–Crippen MR) is 137 cm³/mol. The van der Waals surface area contributed by atoms with E-state index in [4.69, 9.17) is 9.53 Å². The fourth-order valence-electron chi connectivity index (χ4n) is 3.89. The van der Waals surface area contributed by atoms with Crippen LogP contribution < -0.4 is 10.4 Å². The molecule has 1 N–H and O–H groups in total. The van der Waals surface area contributed by atoms with Crippen LogP contribution in [0.2, 0.25) is 5.04 Å². The van der Waals surface area contributed by atoms with E-state index in [1.807, 2.05) is 6.08 Å². The molecule has 0 aliphatic carbocycles. The minimum atomic E-state index is -2.53. The van der Waals surface area contributed by atoms with Crippen molar-refractivity contribution < 1.29 is 9.53 Å². The Morgan fingerprint density at radius 1 is 0.871 bits per heavy atom. The molecular formula is C28H38O2Si. The lowest BCUT2D eigenvalue weighted by Gasteiger charge is -2.44.